The first kappa shape index (κ1) is 38.3. The molecule has 4 N–H and O–H groups in total. The van der Waals surface area contributed by atoms with Crippen molar-refractivity contribution in [2.75, 3.05) is 39.6 Å². The number of amides is 3. The van der Waals surface area contributed by atoms with Crippen molar-refractivity contribution < 1.29 is 46.8 Å². The average molecular weight is 753 g/mol. The van der Waals surface area contributed by atoms with Crippen LogP contribution in [-0.4, -0.2) is 94.1 Å². The third-order valence-corrected chi connectivity index (χ3v) is 11.5. The number of sulfonamides is 1. The lowest BCUT2D eigenvalue weighted by molar-refractivity contribution is -0.0907. The molecule has 0 saturated carbocycles. The Balaban J connectivity index is 1.17. The molecule has 2 fully saturated rings. The van der Waals surface area contributed by atoms with Crippen molar-refractivity contribution >= 4 is 22.1 Å². The highest BCUT2D eigenvalue weighted by Gasteiger charge is 2.44. The molecular formula is C38H48N4O10S. The number of carbonyl (C=O) groups is 2. The van der Waals surface area contributed by atoms with Crippen molar-refractivity contribution in [1.29, 1.82) is 0 Å². The number of alkyl carbamates (subject to hydrolysis) is 1. The summed E-state index contributed by atoms with van der Waals surface area (Å²) >= 11 is 0. The van der Waals surface area contributed by atoms with Gasteiger partial charge in [0, 0.05) is 32.2 Å². The molecule has 0 unspecified atom stereocenters. The summed E-state index contributed by atoms with van der Waals surface area (Å²) in [5, 5.41) is 20.3. The second-order valence-corrected chi connectivity index (χ2v) is 16.2. The van der Waals surface area contributed by atoms with Crippen LogP contribution in [0.1, 0.15) is 37.8 Å². The largest absolute Gasteiger partial charge is 0.454 e. The molecule has 6 rings (SSSR count). The maximum Gasteiger partial charge on any atom is 0.407 e. The molecule has 15 heteroatoms. The van der Waals surface area contributed by atoms with Gasteiger partial charge in [-0.05, 0) is 47.9 Å². The lowest BCUT2D eigenvalue weighted by Crippen LogP contribution is -2.52. The van der Waals surface area contributed by atoms with E-state index in [0.29, 0.717) is 37.5 Å². The van der Waals surface area contributed by atoms with Gasteiger partial charge in [0.1, 0.15) is 6.10 Å². The highest BCUT2D eigenvalue weighted by atomic mass is 32.2. The summed E-state index contributed by atoms with van der Waals surface area (Å²) < 4.78 is 57.8. The Kier molecular flexibility index (Phi) is 12.4. The zero-order chi connectivity index (χ0) is 37.4. The monoisotopic (exact) mass is 752 g/mol. The Morgan fingerprint density at radius 1 is 0.962 bits per heavy atom. The van der Waals surface area contributed by atoms with E-state index >= 15 is 0 Å². The number of aliphatic hydroxyl groups excluding tert-OH is 1. The number of nitrogens with zero attached hydrogens (tertiary/aromatic N) is 1. The topological polar surface area (TPSA) is 174 Å². The number of fused-ring (bicyclic) bond motifs is 2. The fourth-order valence-electron chi connectivity index (χ4n) is 6.70. The van der Waals surface area contributed by atoms with Crippen molar-refractivity contribution in [1.82, 2.24) is 20.3 Å². The normalized spacial score (nSPS) is 20.4. The van der Waals surface area contributed by atoms with Gasteiger partial charge in [-0.15, -0.1) is 0 Å². The third kappa shape index (κ3) is 10.2. The maximum absolute atomic E-state index is 14.4. The number of hydrogen-bond acceptors (Lipinski definition) is 10. The van der Waals surface area contributed by atoms with Crippen LogP contribution in [0.5, 0.6) is 11.5 Å². The van der Waals surface area contributed by atoms with Crippen LogP contribution in [0.25, 0.3) is 0 Å². The molecule has 3 aliphatic heterocycles. The van der Waals surface area contributed by atoms with Gasteiger partial charge in [0.15, 0.2) is 17.8 Å². The number of nitrogens with one attached hydrogen (secondary N) is 3. The molecule has 0 aliphatic carbocycles. The quantitative estimate of drug-likeness (QED) is 0.169. The maximum atomic E-state index is 14.4. The molecule has 3 amide bonds. The summed E-state index contributed by atoms with van der Waals surface area (Å²) in [7, 11) is -4.23. The summed E-state index contributed by atoms with van der Waals surface area (Å²) in [5.41, 5.74) is 1.12. The van der Waals surface area contributed by atoms with Crippen LogP contribution in [0.3, 0.4) is 0 Å². The molecular weight excluding hydrogens is 705 g/mol. The molecule has 0 radical (unpaired) electrons. The van der Waals surface area contributed by atoms with Crippen LogP contribution in [0, 0.1) is 11.3 Å². The van der Waals surface area contributed by atoms with E-state index in [-0.39, 0.29) is 56.3 Å². The molecule has 3 aromatic rings. The van der Waals surface area contributed by atoms with Gasteiger partial charge < -0.3 is 44.7 Å². The number of ether oxygens (including phenoxy) is 5. The first-order valence-corrected chi connectivity index (χ1v) is 19.3. The minimum absolute atomic E-state index is 0.0147. The fourth-order valence-corrected chi connectivity index (χ4v) is 8.37. The summed E-state index contributed by atoms with van der Waals surface area (Å²) in [6, 6.07) is 21.9. The van der Waals surface area contributed by atoms with Crippen LogP contribution < -0.4 is 25.4 Å². The zero-order valence-electron chi connectivity index (χ0n) is 29.9. The number of benzene rings is 3. The number of urea groups is 1. The number of aliphatic hydroxyl groups is 1. The van der Waals surface area contributed by atoms with Crippen molar-refractivity contribution in [3.05, 3.63) is 90.0 Å². The highest BCUT2D eigenvalue weighted by Crippen LogP contribution is 2.36. The first-order chi connectivity index (χ1) is 25.5. The molecule has 3 aromatic carbocycles. The molecule has 53 heavy (non-hydrogen) atoms. The second-order valence-electron chi connectivity index (χ2n) is 14.3. The molecule has 14 nitrogen and oxygen atoms in total. The molecule has 5 atom stereocenters. The van der Waals surface area contributed by atoms with E-state index in [9.17, 15) is 23.1 Å². The van der Waals surface area contributed by atoms with Crippen molar-refractivity contribution in [2.24, 2.45) is 11.3 Å². The van der Waals surface area contributed by atoms with Crippen LogP contribution in [0.2, 0.25) is 0 Å². The van der Waals surface area contributed by atoms with E-state index in [1.807, 2.05) is 74.5 Å². The van der Waals surface area contributed by atoms with Crippen molar-refractivity contribution in [2.45, 2.75) is 69.1 Å². The van der Waals surface area contributed by atoms with E-state index in [4.69, 9.17) is 23.7 Å². The second kappa shape index (κ2) is 17.2. The number of rotatable bonds is 16. The molecule has 2 saturated heterocycles. The van der Waals surface area contributed by atoms with Crippen LogP contribution in [0.4, 0.5) is 9.59 Å². The molecule has 3 heterocycles. The van der Waals surface area contributed by atoms with E-state index < -0.39 is 46.1 Å². The zero-order valence-corrected chi connectivity index (χ0v) is 30.8. The summed E-state index contributed by atoms with van der Waals surface area (Å²) in [4.78, 5) is 25.8. The summed E-state index contributed by atoms with van der Waals surface area (Å²) in [6.45, 7) is 4.76. The average Bonchev–Trinajstić information content (AvgIpc) is 3.90. The standard InChI is InChI=1S/C38H48N4O10S/c1-38(2,16-17-39-36(44)40-21-27-11-7-4-8-12-27)24-42(53(46,47)28-13-14-32-33(20-28)51-25-50-32)22-31(43)30(19-26-9-5-3-6-10-26)41-37(45)52-34-23-49-35-29(34)15-18-48-35/h3-14,20,29-31,34-35,43H,15-19,21-25H2,1-2H3,(H,41,45)(H2,39,40,44)/t29-,30-,31+,34-,35+/m0/s1. The Morgan fingerprint density at radius 3 is 2.43 bits per heavy atom. The van der Waals surface area contributed by atoms with Gasteiger partial charge in [-0.3, -0.25) is 0 Å². The Hall–Kier alpha value is -4.41. The molecule has 0 bridgehead atoms. The van der Waals surface area contributed by atoms with Gasteiger partial charge in [0.2, 0.25) is 16.8 Å². The Bertz CT molecular complexity index is 1800. The van der Waals surface area contributed by atoms with Crippen molar-refractivity contribution in [3.63, 3.8) is 0 Å². The highest BCUT2D eigenvalue weighted by molar-refractivity contribution is 7.89. The van der Waals surface area contributed by atoms with E-state index in [1.165, 1.54) is 22.5 Å². The van der Waals surface area contributed by atoms with E-state index in [1.54, 1.807) is 0 Å². The molecule has 0 aromatic heterocycles. The smallest absolute Gasteiger partial charge is 0.407 e. The lowest BCUT2D eigenvalue weighted by atomic mass is 9.89. The van der Waals surface area contributed by atoms with Crippen LogP contribution >= 0.6 is 0 Å². The molecule has 3 aliphatic rings. The van der Waals surface area contributed by atoms with Gasteiger partial charge >= 0.3 is 12.1 Å². The summed E-state index contributed by atoms with van der Waals surface area (Å²) in [6.07, 6.45) is -1.68. The van der Waals surface area contributed by atoms with Gasteiger partial charge in [-0.2, -0.15) is 4.31 Å². The SMILES string of the molecule is CC(C)(CCNC(=O)NCc1ccccc1)CN(C[C@@H](O)[C@H](Cc1ccccc1)NC(=O)O[C@H]1CO[C@H]2OCC[C@H]21)S(=O)(=O)c1ccc2c(c1)OCO2. The molecule has 0 spiro atoms. The van der Waals surface area contributed by atoms with Gasteiger partial charge in [0.25, 0.3) is 0 Å². The predicted octanol–water partition coefficient (Wildman–Crippen LogP) is 3.78. The van der Waals surface area contributed by atoms with Crippen molar-refractivity contribution in [3.8, 4) is 11.5 Å². The lowest BCUT2D eigenvalue weighted by Gasteiger charge is -2.35. The molecule has 286 valence electrons. The fraction of sp³-hybridized carbons (Fsp3) is 0.474. The van der Waals surface area contributed by atoms with Gasteiger partial charge in [-0.25, -0.2) is 18.0 Å². The van der Waals surface area contributed by atoms with Gasteiger partial charge in [0.05, 0.1) is 36.2 Å². The predicted molar refractivity (Wildman–Crippen MR) is 194 cm³/mol. The third-order valence-electron chi connectivity index (χ3n) is 9.67. The van der Waals surface area contributed by atoms with Crippen LogP contribution in [0.15, 0.2) is 83.8 Å². The number of carbonyl (C=O) groups excluding carboxylic acids is 2. The first-order valence-electron chi connectivity index (χ1n) is 17.8. The minimum Gasteiger partial charge on any atom is -0.454 e. The van der Waals surface area contributed by atoms with E-state index in [0.717, 1.165) is 11.1 Å². The Labute approximate surface area is 310 Å². The summed E-state index contributed by atoms with van der Waals surface area (Å²) in [5.74, 6) is 0.655. The Morgan fingerprint density at radius 2 is 1.68 bits per heavy atom. The van der Waals surface area contributed by atoms with Crippen LogP contribution in [-0.2, 0) is 37.2 Å². The van der Waals surface area contributed by atoms with Gasteiger partial charge in [-0.1, -0.05) is 74.5 Å². The van der Waals surface area contributed by atoms with E-state index in [2.05, 4.69) is 16.0 Å². The number of hydrogen-bond donors (Lipinski definition) is 4. The minimum atomic E-state index is -4.23.